The maximum atomic E-state index is 6.23. The maximum Gasteiger partial charge on any atom is 0.0639 e. The predicted molar refractivity (Wildman–Crippen MR) is 78.5 cm³/mol. The predicted octanol–water partition coefficient (Wildman–Crippen LogP) is 3.74. The van der Waals surface area contributed by atoms with Gasteiger partial charge in [0.25, 0.3) is 0 Å². The van der Waals surface area contributed by atoms with Gasteiger partial charge in [0.05, 0.1) is 10.0 Å². The van der Waals surface area contributed by atoms with Crippen LogP contribution in [0.4, 0.5) is 0 Å². The molecule has 1 aliphatic rings. The van der Waals surface area contributed by atoms with E-state index in [4.69, 9.17) is 23.2 Å². The first-order valence-electron chi connectivity index (χ1n) is 6.47. The Labute approximate surface area is 119 Å². The fourth-order valence-electron chi connectivity index (χ4n) is 2.51. The molecule has 1 aliphatic heterocycles. The van der Waals surface area contributed by atoms with Crippen molar-refractivity contribution in [2.75, 3.05) is 20.1 Å². The summed E-state index contributed by atoms with van der Waals surface area (Å²) in [7, 11) is 2.19. The third kappa shape index (κ3) is 3.18. The number of likely N-dealkylation sites (N-methyl/N-ethyl adjacent to an activating group) is 1. The Kier molecular flexibility index (Phi) is 4.91. The Morgan fingerprint density at radius 2 is 2.22 bits per heavy atom. The molecule has 2 rings (SSSR count). The van der Waals surface area contributed by atoms with Gasteiger partial charge in [-0.3, -0.25) is 0 Å². The minimum Gasteiger partial charge on any atom is -0.309 e. The molecule has 2 unspecified atom stereocenters. The van der Waals surface area contributed by atoms with Crippen LogP contribution in [-0.4, -0.2) is 31.1 Å². The van der Waals surface area contributed by atoms with Crippen LogP contribution in [0.3, 0.4) is 0 Å². The standard InChI is InChI=1S/C14H20Cl2N2/c1-10(12-6-3-7-13(15)14(12)16)17-9-11-5-4-8-18(11)2/h3,6-7,10-11,17H,4-5,8-9H2,1-2H3. The Bertz CT molecular complexity index is 409. The zero-order valence-corrected chi connectivity index (χ0v) is 12.4. The van der Waals surface area contributed by atoms with Gasteiger partial charge >= 0.3 is 0 Å². The average molecular weight is 287 g/mol. The summed E-state index contributed by atoms with van der Waals surface area (Å²) >= 11 is 12.3. The summed E-state index contributed by atoms with van der Waals surface area (Å²) in [5, 5.41) is 4.85. The van der Waals surface area contributed by atoms with Crippen LogP contribution in [0.5, 0.6) is 0 Å². The second kappa shape index (κ2) is 6.25. The Morgan fingerprint density at radius 1 is 1.44 bits per heavy atom. The molecule has 0 saturated carbocycles. The first-order valence-corrected chi connectivity index (χ1v) is 7.22. The smallest absolute Gasteiger partial charge is 0.0639 e. The van der Waals surface area contributed by atoms with Crippen molar-refractivity contribution < 1.29 is 0 Å². The molecule has 100 valence electrons. The summed E-state index contributed by atoms with van der Waals surface area (Å²) in [6.45, 7) is 4.34. The van der Waals surface area contributed by atoms with E-state index in [1.165, 1.54) is 19.4 Å². The highest BCUT2D eigenvalue weighted by Crippen LogP contribution is 2.29. The lowest BCUT2D eigenvalue weighted by Crippen LogP contribution is -2.36. The number of rotatable bonds is 4. The largest absolute Gasteiger partial charge is 0.309 e. The molecule has 1 fully saturated rings. The van der Waals surface area contributed by atoms with Crippen LogP contribution in [0, 0.1) is 0 Å². The molecule has 0 bridgehead atoms. The summed E-state index contributed by atoms with van der Waals surface area (Å²) in [6, 6.07) is 6.68. The van der Waals surface area contributed by atoms with Gasteiger partial charge in [-0.15, -0.1) is 0 Å². The Morgan fingerprint density at radius 3 is 2.89 bits per heavy atom. The molecule has 1 aromatic carbocycles. The molecule has 2 nitrogen and oxygen atoms in total. The van der Waals surface area contributed by atoms with E-state index in [-0.39, 0.29) is 6.04 Å². The summed E-state index contributed by atoms with van der Waals surface area (Å²) in [5.74, 6) is 0. The number of likely N-dealkylation sites (tertiary alicyclic amines) is 1. The van der Waals surface area contributed by atoms with Gasteiger partial charge in [-0.1, -0.05) is 35.3 Å². The second-order valence-electron chi connectivity index (χ2n) is 5.05. The zero-order chi connectivity index (χ0) is 13.1. The van der Waals surface area contributed by atoms with Crippen molar-refractivity contribution in [3.63, 3.8) is 0 Å². The quantitative estimate of drug-likeness (QED) is 0.907. The SMILES string of the molecule is CC(NCC1CCCN1C)c1cccc(Cl)c1Cl. The van der Waals surface area contributed by atoms with Gasteiger partial charge in [0.2, 0.25) is 0 Å². The molecule has 0 amide bonds. The summed E-state index contributed by atoms with van der Waals surface area (Å²) in [6.07, 6.45) is 2.58. The lowest BCUT2D eigenvalue weighted by atomic mass is 10.1. The van der Waals surface area contributed by atoms with Crippen LogP contribution in [0.15, 0.2) is 18.2 Å². The number of nitrogens with zero attached hydrogens (tertiary/aromatic N) is 1. The molecular weight excluding hydrogens is 267 g/mol. The third-order valence-electron chi connectivity index (χ3n) is 3.78. The highest BCUT2D eigenvalue weighted by atomic mass is 35.5. The maximum absolute atomic E-state index is 6.23. The Hall–Kier alpha value is -0.280. The third-order valence-corrected chi connectivity index (χ3v) is 4.61. The molecule has 1 saturated heterocycles. The van der Waals surface area contributed by atoms with Crippen molar-refractivity contribution in [2.24, 2.45) is 0 Å². The minimum absolute atomic E-state index is 0.227. The van der Waals surface area contributed by atoms with Crippen LogP contribution < -0.4 is 5.32 Å². The fourth-order valence-corrected chi connectivity index (χ4v) is 2.99. The molecule has 0 aromatic heterocycles. The molecule has 2 atom stereocenters. The molecule has 1 N–H and O–H groups in total. The van der Waals surface area contributed by atoms with Gasteiger partial charge in [0.1, 0.15) is 0 Å². The van der Waals surface area contributed by atoms with Crippen molar-refractivity contribution in [3.8, 4) is 0 Å². The number of halogens is 2. The Balaban J connectivity index is 1.95. The van der Waals surface area contributed by atoms with Crippen molar-refractivity contribution in [1.82, 2.24) is 10.2 Å². The van der Waals surface area contributed by atoms with Crippen LogP contribution in [0.2, 0.25) is 10.0 Å². The molecule has 0 spiro atoms. The highest BCUT2D eigenvalue weighted by molar-refractivity contribution is 6.42. The second-order valence-corrected chi connectivity index (χ2v) is 5.83. The van der Waals surface area contributed by atoms with Gasteiger partial charge in [-0.05, 0) is 45.0 Å². The van der Waals surface area contributed by atoms with E-state index < -0.39 is 0 Å². The summed E-state index contributed by atoms with van der Waals surface area (Å²) in [5.41, 5.74) is 1.07. The average Bonchev–Trinajstić information content (AvgIpc) is 2.75. The van der Waals surface area contributed by atoms with Crippen molar-refractivity contribution >= 4 is 23.2 Å². The summed E-state index contributed by atoms with van der Waals surface area (Å²) < 4.78 is 0. The lowest BCUT2D eigenvalue weighted by Gasteiger charge is -2.23. The molecule has 1 heterocycles. The fraction of sp³-hybridized carbons (Fsp3) is 0.571. The van der Waals surface area contributed by atoms with Gasteiger partial charge in [0.15, 0.2) is 0 Å². The number of benzene rings is 1. The minimum atomic E-state index is 0.227. The normalized spacial score (nSPS) is 22.3. The van der Waals surface area contributed by atoms with E-state index in [1.807, 2.05) is 18.2 Å². The number of hydrogen-bond acceptors (Lipinski definition) is 2. The van der Waals surface area contributed by atoms with Crippen molar-refractivity contribution in [1.29, 1.82) is 0 Å². The van der Waals surface area contributed by atoms with Crippen molar-refractivity contribution in [2.45, 2.75) is 31.8 Å². The topological polar surface area (TPSA) is 15.3 Å². The van der Waals surface area contributed by atoms with Gasteiger partial charge in [-0.2, -0.15) is 0 Å². The van der Waals surface area contributed by atoms with Gasteiger partial charge in [-0.25, -0.2) is 0 Å². The van der Waals surface area contributed by atoms with E-state index in [1.54, 1.807) is 0 Å². The van der Waals surface area contributed by atoms with Crippen LogP contribution in [0.25, 0.3) is 0 Å². The zero-order valence-electron chi connectivity index (χ0n) is 10.9. The van der Waals surface area contributed by atoms with Gasteiger partial charge in [0, 0.05) is 18.6 Å². The first kappa shape index (κ1) is 14.1. The van der Waals surface area contributed by atoms with E-state index in [0.717, 1.165) is 12.1 Å². The molecule has 0 radical (unpaired) electrons. The van der Waals surface area contributed by atoms with Crippen molar-refractivity contribution in [3.05, 3.63) is 33.8 Å². The van der Waals surface area contributed by atoms with E-state index >= 15 is 0 Å². The highest BCUT2D eigenvalue weighted by Gasteiger charge is 2.21. The molecule has 0 aliphatic carbocycles. The first-order chi connectivity index (χ1) is 8.59. The number of hydrogen-bond donors (Lipinski definition) is 1. The summed E-state index contributed by atoms with van der Waals surface area (Å²) in [4.78, 5) is 2.42. The molecule has 1 aromatic rings. The van der Waals surface area contributed by atoms with Gasteiger partial charge < -0.3 is 10.2 Å². The van der Waals surface area contributed by atoms with Crippen LogP contribution in [-0.2, 0) is 0 Å². The lowest BCUT2D eigenvalue weighted by molar-refractivity contribution is 0.293. The monoisotopic (exact) mass is 286 g/mol. The van der Waals surface area contributed by atoms with E-state index in [9.17, 15) is 0 Å². The van der Waals surface area contributed by atoms with E-state index in [2.05, 4.69) is 24.2 Å². The van der Waals surface area contributed by atoms with Crippen LogP contribution >= 0.6 is 23.2 Å². The molecule has 4 heteroatoms. The van der Waals surface area contributed by atoms with E-state index in [0.29, 0.717) is 16.1 Å². The van der Waals surface area contributed by atoms with Crippen LogP contribution in [0.1, 0.15) is 31.4 Å². The molecule has 18 heavy (non-hydrogen) atoms. The number of nitrogens with one attached hydrogen (secondary N) is 1. The molecular formula is C14H20Cl2N2.